The maximum Gasteiger partial charge on any atom is 0.133 e. The molecule has 2 aliphatic rings. The van der Waals surface area contributed by atoms with E-state index in [9.17, 15) is 9.90 Å². The highest BCUT2D eigenvalue weighted by Gasteiger charge is 2.47. The highest BCUT2D eigenvalue weighted by molar-refractivity contribution is 5.81. The summed E-state index contributed by atoms with van der Waals surface area (Å²) in [6, 6.07) is 3.96. The Balaban J connectivity index is 1.98. The smallest absolute Gasteiger partial charge is 0.133 e. The van der Waals surface area contributed by atoms with E-state index < -0.39 is 0 Å². The van der Waals surface area contributed by atoms with E-state index in [0.717, 1.165) is 29.7 Å². The average molecular weight is 371 g/mol. The Morgan fingerprint density at radius 2 is 2.07 bits per heavy atom. The van der Waals surface area contributed by atoms with Crippen molar-refractivity contribution in [3.63, 3.8) is 0 Å². The zero-order valence-electron chi connectivity index (χ0n) is 17.5. The van der Waals surface area contributed by atoms with Gasteiger partial charge in [-0.15, -0.1) is 0 Å². The number of ether oxygens (including phenoxy) is 1. The molecule has 1 aliphatic carbocycles. The van der Waals surface area contributed by atoms with Gasteiger partial charge in [0.15, 0.2) is 0 Å². The molecule has 0 spiro atoms. The molecule has 1 heterocycles. The number of rotatable bonds is 5. The van der Waals surface area contributed by atoms with Crippen LogP contribution in [-0.2, 0) is 10.2 Å². The van der Waals surface area contributed by atoms with Crippen molar-refractivity contribution < 1.29 is 14.6 Å². The summed E-state index contributed by atoms with van der Waals surface area (Å²) in [7, 11) is 0. The van der Waals surface area contributed by atoms with Gasteiger partial charge < -0.3 is 9.84 Å². The van der Waals surface area contributed by atoms with Crippen LogP contribution >= 0.6 is 0 Å². The summed E-state index contributed by atoms with van der Waals surface area (Å²) in [4.78, 5) is 12.1. The van der Waals surface area contributed by atoms with E-state index in [-0.39, 0.29) is 28.6 Å². The molecule has 0 unspecified atom stereocenters. The number of unbranched alkanes of at least 4 members (excludes halogenated alkanes) is 2. The molecule has 0 radical (unpaired) electrons. The molecule has 0 bridgehead atoms. The van der Waals surface area contributed by atoms with Crippen LogP contribution in [0.3, 0.4) is 0 Å². The van der Waals surface area contributed by atoms with Crippen molar-refractivity contribution in [2.75, 3.05) is 0 Å². The van der Waals surface area contributed by atoms with Crippen molar-refractivity contribution in [3.05, 3.63) is 35.4 Å². The number of aromatic hydroxyl groups is 1. The standard InChI is InChI=1S/C24H34O3/c1-6-7-8-9-12-23(2,3)16-13-20(26)22-18-15-17(25)10-11-19(18)24(4,5)27-21(22)14-16/h9,12-14,18-19,26H,6-8,10-11,15H2,1-5H3/t18-,19-/m1/s1. The minimum atomic E-state index is -0.329. The second kappa shape index (κ2) is 7.33. The molecule has 3 rings (SSSR count). The maximum atomic E-state index is 12.1. The van der Waals surface area contributed by atoms with Crippen molar-refractivity contribution in [2.24, 2.45) is 5.92 Å². The van der Waals surface area contributed by atoms with Crippen molar-refractivity contribution in [1.29, 1.82) is 0 Å². The molecule has 27 heavy (non-hydrogen) atoms. The normalized spacial score (nSPS) is 24.4. The number of hydrogen-bond acceptors (Lipinski definition) is 3. The van der Waals surface area contributed by atoms with Gasteiger partial charge in [0.1, 0.15) is 22.9 Å². The van der Waals surface area contributed by atoms with Gasteiger partial charge >= 0.3 is 0 Å². The van der Waals surface area contributed by atoms with Crippen LogP contribution in [0, 0.1) is 5.92 Å². The first-order chi connectivity index (χ1) is 12.7. The minimum Gasteiger partial charge on any atom is -0.508 e. The molecule has 3 heteroatoms. The number of allylic oxidation sites excluding steroid dienone is 2. The van der Waals surface area contributed by atoms with Crippen molar-refractivity contribution >= 4 is 5.78 Å². The lowest BCUT2D eigenvalue weighted by atomic mass is 9.66. The molecule has 0 amide bonds. The Kier molecular flexibility index (Phi) is 5.42. The van der Waals surface area contributed by atoms with Gasteiger partial charge in [0.05, 0.1) is 0 Å². The number of fused-ring (bicyclic) bond motifs is 3. The second-order valence-electron chi connectivity index (χ2n) is 9.37. The van der Waals surface area contributed by atoms with Gasteiger partial charge in [0.2, 0.25) is 0 Å². The monoisotopic (exact) mass is 370 g/mol. The molecule has 0 aromatic heterocycles. The van der Waals surface area contributed by atoms with E-state index in [2.05, 4.69) is 52.8 Å². The van der Waals surface area contributed by atoms with Gasteiger partial charge in [0, 0.05) is 35.7 Å². The fraction of sp³-hybridized carbons (Fsp3) is 0.625. The average Bonchev–Trinajstić information content (AvgIpc) is 2.57. The van der Waals surface area contributed by atoms with Gasteiger partial charge in [-0.2, -0.15) is 0 Å². The van der Waals surface area contributed by atoms with Crippen molar-refractivity contribution in [3.8, 4) is 11.5 Å². The summed E-state index contributed by atoms with van der Waals surface area (Å²) in [5.41, 5.74) is 1.36. The number of phenolic OH excluding ortho intramolecular Hbond substituents is 1. The van der Waals surface area contributed by atoms with Crippen LogP contribution in [0.15, 0.2) is 24.3 Å². The van der Waals surface area contributed by atoms with E-state index in [1.54, 1.807) is 0 Å². The third-order valence-corrected chi connectivity index (χ3v) is 6.43. The molecule has 1 fully saturated rings. The lowest BCUT2D eigenvalue weighted by molar-refractivity contribution is -0.124. The Hall–Kier alpha value is -1.77. The molecule has 1 aromatic carbocycles. The number of phenols is 1. The summed E-state index contributed by atoms with van der Waals surface area (Å²) in [5, 5.41) is 10.9. The van der Waals surface area contributed by atoms with E-state index >= 15 is 0 Å². The van der Waals surface area contributed by atoms with Crippen LogP contribution in [-0.4, -0.2) is 16.5 Å². The maximum absolute atomic E-state index is 12.1. The van der Waals surface area contributed by atoms with Crippen molar-refractivity contribution in [2.45, 2.75) is 90.1 Å². The van der Waals surface area contributed by atoms with E-state index in [1.165, 1.54) is 12.8 Å². The predicted octanol–water partition coefficient (Wildman–Crippen LogP) is 6.04. The molecular weight excluding hydrogens is 336 g/mol. The molecule has 1 N–H and O–H groups in total. The minimum absolute atomic E-state index is 0.0576. The van der Waals surface area contributed by atoms with Crippen molar-refractivity contribution in [1.82, 2.24) is 0 Å². The van der Waals surface area contributed by atoms with E-state index in [0.29, 0.717) is 18.6 Å². The zero-order chi connectivity index (χ0) is 19.8. The molecule has 148 valence electrons. The number of carbonyl (C=O) groups is 1. The summed E-state index contributed by atoms with van der Waals surface area (Å²) in [5.74, 6) is 1.64. The number of hydrogen-bond donors (Lipinski definition) is 1. The summed E-state index contributed by atoms with van der Waals surface area (Å²) in [6.07, 6.45) is 9.89. The third kappa shape index (κ3) is 3.93. The fourth-order valence-corrected chi connectivity index (χ4v) is 4.74. The first kappa shape index (κ1) is 20.0. The van der Waals surface area contributed by atoms with Crippen LogP contribution in [0.25, 0.3) is 0 Å². The third-order valence-electron chi connectivity index (χ3n) is 6.43. The van der Waals surface area contributed by atoms with Gasteiger partial charge in [-0.25, -0.2) is 0 Å². The highest BCUT2D eigenvalue weighted by Crippen LogP contribution is 2.54. The first-order valence-corrected chi connectivity index (χ1v) is 10.4. The van der Waals surface area contributed by atoms with Crippen LogP contribution in [0.1, 0.15) is 90.2 Å². The second-order valence-corrected chi connectivity index (χ2v) is 9.37. The van der Waals surface area contributed by atoms with Gasteiger partial charge in [-0.3, -0.25) is 4.79 Å². The molecule has 1 aliphatic heterocycles. The topological polar surface area (TPSA) is 46.5 Å². The van der Waals surface area contributed by atoms with E-state index in [4.69, 9.17) is 4.74 Å². The fourth-order valence-electron chi connectivity index (χ4n) is 4.74. The lowest BCUT2D eigenvalue weighted by Crippen LogP contribution is -2.47. The molecule has 0 saturated heterocycles. The molecule has 2 atom stereocenters. The SMILES string of the molecule is CCCCC=CC(C)(C)c1cc(O)c2c(c1)OC(C)(C)[C@@H]1CCC(=O)C[C@@H]21. The lowest BCUT2D eigenvalue weighted by Gasteiger charge is -2.47. The summed E-state index contributed by atoms with van der Waals surface area (Å²) < 4.78 is 6.39. The van der Waals surface area contributed by atoms with Crippen LogP contribution in [0.4, 0.5) is 0 Å². The Morgan fingerprint density at radius 3 is 2.78 bits per heavy atom. The largest absolute Gasteiger partial charge is 0.508 e. The van der Waals surface area contributed by atoms with Gasteiger partial charge in [0.25, 0.3) is 0 Å². The summed E-state index contributed by atoms with van der Waals surface area (Å²) >= 11 is 0. The predicted molar refractivity (Wildman–Crippen MR) is 110 cm³/mol. The summed E-state index contributed by atoms with van der Waals surface area (Å²) in [6.45, 7) is 10.8. The van der Waals surface area contributed by atoms with Gasteiger partial charge in [-0.1, -0.05) is 45.8 Å². The van der Waals surface area contributed by atoms with Crippen LogP contribution in [0.5, 0.6) is 11.5 Å². The Bertz CT molecular complexity index is 742. The van der Waals surface area contributed by atoms with E-state index in [1.807, 2.05) is 6.07 Å². The molecular formula is C24H34O3. The first-order valence-electron chi connectivity index (χ1n) is 10.4. The quantitative estimate of drug-likeness (QED) is 0.508. The number of Topliss-reactive ketones (excluding diaryl/α,β-unsaturated/α-hetero) is 1. The van der Waals surface area contributed by atoms with Gasteiger partial charge in [-0.05, 0) is 44.4 Å². The number of ketones is 1. The number of carbonyl (C=O) groups excluding carboxylic acids is 1. The highest BCUT2D eigenvalue weighted by atomic mass is 16.5. The molecule has 1 saturated carbocycles. The Morgan fingerprint density at radius 1 is 1.33 bits per heavy atom. The zero-order valence-corrected chi connectivity index (χ0v) is 17.5. The molecule has 1 aromatic rings. The number of benzene rings is 1. The van der Waals surface area contributed by atoms with Crippen LogP contribution in [0.2, 0.25) is 0 Å². The Labute approximate surface area is 163 Å². The molecule has 3 nitrogen and oxygen atoms in total. The van der Waals surface area contributed by atoms with Crippen LogP contribution < -0.4 is 4.74 Å².